The summed E-state index contributed by atoms with van der Waals surface area (Å²) in [5, 5.41) is 2.45. The van der Waals surface area contributed by atoms with E-state index in [1.54, 1.807) is 30.3 Å². The minimum atomic E-state index is -3.55. The molecule has 0 bridgehead atoms. The van der Waals surface area contributed by atoms with Gasteiger partial charge in [0, 0.05) is 17.3 Å². The molecule has 0 fully saturated rings. The Morgan fingerprint density at radius 3 is 2.30 bits per heavy atom. The maximum absolute atomic E-state index is 13.3. The zero-order chi connectivity index (χ0) is 19.4. The second kappa shape index (κ2) is 7.67. The van der Waals surface area contributed by atoms with Gasteiger partial charge in [0.15, 0.2) is 21.5 Å². The Balaban J connectivity index is 1.79. The lowest BCUT2D eigenvalue weighted by molar-refractivity contribution is 0.102. The molecule has 27 heavy (non-hydrogen) atoms. The first-order valence-electron chi connectivity index (χ1n) is 7.98. The van der Waals surface area contributed by atoms with Gasteiger partial charge in [-0.2, -0.15) is 0 Å². The largest absolute Gasteiger partial charge is 0.322 e. The second-order valence-electron chi connectivity index (χ2n) is 5.86. The quantitative estimate of drug-likeness (QED) is 0.714. The molecule has 0 aromatic heterocycles. The van der Waals surface area contributed by atoms with Crippen LogP contribution in [0.4, 0.5) is 14.5 Å². The number of amides is 1. The van der Waals surface area contributed by atoms with Crippen molar-refractivity contribution in [3.63, 3.8) is 0 Å². The van der Waals surface area contributed by atoms with E-state index >= 15 is 0 Å². The summed E-state index contributed by atoms with van der Waals surface area (Å²) in [5.41, 5.74) is 0.749. The van der Waals surface area contributed by atoms with Crippen LogP contribution in [0, 0.1) is 11.6 Å². The first-order valence-corrected chi connectivity index (χ1v) is 9.63. The lowest BCUT2D eigenvalue weighted by atomic mass is 10.1. The summed E-state index contributed by atoms with van der Waals surface area (Å²) in [6.07, 6.45) is 0. The highest BCUT2D eigenvalue weighted by molar-refractivity contribution is 7.90. The lowest BCUT2D eigenvalue weighted by Gasteiger charge is -2.08. The molecule has 3 aromatic carbocycles. The van der Waals surface area contributed by atoms with Crippen molar-refractivity contribution in [2.24, 2.45) is 0 Å². The van der Waals surface area contributed by atoms with E-state index in [0.29, 0.717) is 5.56 Å². The molecule has 138 valence electrons. The van der Waals surface area contributed by atoms with Crippen LogP contribution in [0.3, 0.4) is 0 Å². The molecule has 4 nitrogen and oxygen atoms in total. The number of carbonyl (C=O) groups is 1. The van der Waals surface area contributed by atoms with Gasteiger partial charge >= 0.3 is 0 Å². The van der Waals surface area contributed by atoms with E-state index in [0.717, 1.165) is 12.1 Å². The zero-order valence-corrected chi connectivity index (χ0v) is 14.8. The van der Waals surface area contributed by atoms with Gasteiger partial charge in [-0.25, -0.2) is 17.2 Å². The molecule has 0 radical (unpaired) electrons. The summed E-state index contributed by atoms with van der Waals surface area (Å²) in [6.45, 7) is 0. The van der Waals surface area contributed by atoms with Crippen molar-refractivity contribution >= 4 is 21.4 Å². The Morgan fingerprint density at radius 1 is 0.852 bits per heavy atom. The number of rotatable bonds is 5. The van der Waals surface area contributed by atoms with Crippen LogP contribution in [0.1, 0.15) is 15.9 Å². The summed E-state index contributed by atoms with van der Waals surface area (Å²) in [6, 6.07) is 17.2. The van der Waals surface area contributed by atoms with Gasteiger partial charge in [-0.15, -0.1) is 0 Å². The fraction of sp³-hybridized carbons (Fsp3) is 0.0500. The molecule has 0 heterocycles. The SMILES string of the molecule is O=C(Nc1ccc(F)c(F)c1)c1cccc(CS(=O)(=O)c2ccccc2)c1. The molecule has 0 aliphatic rings. The molecule has 1 N–H and O–H groups in total. The van der Waals surface area contributed by atoms with E-state index in [2.05, 4.69) is 5.32 Å². The average molecular weight is 387 g/mol. The van der Waals surface area contributed by atoms with Crippen LogP contribution in [0.15, 0.2) is 77.7 Å². The number of nitrogens with one attached hydrogen (secondary N) is 1. The molecule has 0 spiro atoms. The third kappa shape index (κ3) is 4.57. The van der Waals surface area contributed by atoms with Crippen LogP contribution in [-0.4, -0.2) is 14.3 Å². The normalized spacial score (nSPS) is 11.2. The van der Waals surface area contributed by atoms with Crippen LogP contribution in [0.5, 0.6) is 0 Å². The first-order chi connectivity index (χ1) is 12.8. The highest BCUT2D eigenvalue weighted by Crippen LogP contribution is 2.18. The average Bonchev–Trinajstić information content (AvgIpc) is 2.65. The Labute approximate surface area is 155 Å². The van der Waals surface area contributed by atoms with Crippen molar-refractivity contribution in [2.45, 2.75) is 10.6 Å². The van der Waals surface area contributed by atoms with Crippen molar-refractivity contribution in [1.29, 1.82) is 0 Å². The maximum atomic E-state index is 13.3. The summed E-state index contributed by atoms with van der Waals surface area (Å²) in [5.74, 6) is -2.90. The minimum absolute atomic E-state index is 0.0983. The monoisotopic (exact) mass is 387 g/mol. The smallest absolute Gasteiger partial charge is 0.255 e. The fourth-order valence-corrected chi connectivity index (χ4v) is 3.87. The summed E-state index contributed by atoms with van der Waals surface area (Å²) in [4.78, 5) is 12.5. The van der Waals surface area contributed by atoms with Gasteiger partial charge in [0.05, 0.1) is 10.6 Å². The van der Waals surface area contributed by atoms with Crippen molar-refractivity contribution in [1.82, 2.24) is 0 Å². The highest BCUT2D eigenvalue weighted by Gasteiger charge is 2.16. The number of sulfone groups is 1. The first kappa shape index (κ1) is 18.7. The third-order valence-corrected chi connectivity index (χ3v) is 5.53. The Morgan fingerprint density at radius 2 is 1.59 bits per heavy atom. The second-order valence-corrected chi connectivity index (χ2v) is 7.85. The summed E-state index contributed by atoms with van der Waals surface area (Å²) >= 11 is 0. The molecule has 1 amide bonds. The van der Waals surface area contributed by atoms with Gasteiger partial charge in [0.25, 0.3) is 5.91 Å². The molecular formula is C20H15F2NO3S. The van der Waals surface area contributed by atoms with Crippen LogP contribution in [0.2, 0.25) is 0 Å². The minimum Gasteiger partial charge on any atom is -0.322 e. The number of hydrogen-bond donors (Lipinski definition) is 1. The standard InChI is InChI=1S/C20H15F2NO3S/c21-18-10-9-16(12-19(18)22)23-20(24)15-6-4-5-14(11-15)13-27(25,26)17-7-2-1-3-8-17/h1-12H,13H2,(H,23,24). The number of halogens is 2. The summed E-state index contributed by atoms with van der Waals surface area (Å²) < 4.78 is 51.1. The predicted molar refractivity (Wildman–Crippen MR) is 98.1 cm³/mol. The molecule has 0 saturated heterocycles. The molecule has 0 atom stereocenters. The molecular weight excluding hydrogens is 372 g/mol. The molecule has 3 aromatic rings. The lowest BCUT2D eigenvalue weighted by Crippen LogP contribution is -2.13. The van der Waals surface area contributed by atoms with Gasteiger partial charge in [-0.05, 0) is 42.0 Å². The predicted octanol–water partition coefficient (Wildman–Crippen LogP) is 4.19. The Kier molecular flexibility index (Phi) is 5.32. The van der Waals surface area contributed by atoms with Gasteiger partial charge in [-0.1, -0.05) is 30.3 Å². The van der Waals surface area contributed by atoms with Gasteiger partial charge < -0.3 is 5.32 Å². The molecule has 3 rings (SSSR count). The van der Waals surface area contributed by atoms with Gasteiger partial charge in [0.2, 0.25) is 0 Å². The van der Waals surface area contributed by atoms with E-state index in [-0.39, 0.29) is 21.9 Å². The zero-order valence-electron chi connectivity index (χ0n) is 14.0. The Hall–Kier alpha value is -3.06. The van der Waals surface area contributed by atoms with Crippen molar-refractivity contribution in [3.05, 3.63) is 95.6 Å². The van der Waals surface area contributed by atoms with Crippen molar-refractivity contribution in [3.8, 4) is 0 Å². The Bertz CT molecular complexity index is 1080. The van der Waals surface area contributed by atoms with Crippen LogP contribution < -0.4 is 5.32 Å². The van der Waals surface area contributed by atoms with Crippen LogP contribution in [0.25, 0.3) is 0 Å². The van der Waals surface area contributed by atoms with Crippen LogP contribution >= 0.6 is 0 Å². The van der Waals surface area contributed by atoms with E-state index in [4.69, 9.17) is 0 Å². The molecule has 0 aliphatic carbocycles. The maximum Gasteiger partial charge on any atom is 0.255 e. The van der Waals surface area contributed by atoms with E-state index in [9.17, 15) is 22.0 Å². The van der Waals surface area contributed by atoms with E-state index in [1.165, 1.54) is 30.3 Å². The van der Waals surface area contributed by atoms with Crippen molar-refractivity contribution < 1.29 is 22.0 Å². The highest BCUT2D eigenvalue weighted by atomic mass is 32.2. The number of hydrogen-bond acceptors (Lipinski definition) is 3. The van der Waals surface area contributed by atoms with E-state index < -0.39 is 27.4 Å². The molecule has 0 aliphatic heterocycles. The van der Waals surface area contributed by atoms with Crippen LogP contribution in [-0.2, 0) is 15.6 Å². The molecule has 0 unspecified atom stereocenters. The molecule has 7 heteroatoms. The fourth-order valence-electron chi connectivity index (χ4n) is 2.51. The summed E-state index contributed by atoms with van der Waals surface area (Å²) in [7, 11) is -3.55. The van der Waals surface area contributed by atoms with Gasteiger partial charge in [0.1, 0.15) is 0 Å². The third-order valence-electron chi connectivity index (χ3n) is 3.83. The topological polar surface area (TPSA) is 63.2 Å². The van der Waals surface area contributed by atoms with Crippen molar-refractivity contribution in [2.75, 3.05) is 5.32 Å². The molecule has 0 saturated carbocycles. The number of benzene rings is 3. The van der Waals surface area contributed by atoms with E-state index in [1.807, 2.05) is 0 Å². The number of anilines is 1. The number of carbonyl (C=O) groups excluding carboxylic acids is 1. The van der Waals surface area contributed by atoms with Gasteiger partial charge in [-0.3, -0.25) is 4.79 Å².